The summed E-state index contributed by atoms with van der Waals surface area (Å²) in [5, 5.41) is 2.70. The Labute approximate surface area is 98.8 Å². The van der Waals surface area contributed by atoms with Crippen LogP contribution in [0.25, 0.3) is 0 Å². The number of nitrogen functional groups attached to an aromatic ring is 1. The van der Waals surface area contributed by atoms with E-state index in [0.29, 0.717) is 18.7 Å². The monoisotopic (exact) mass is 234 g/mol. The summed E-state index contributed by atoms with van der Waals surface area (Å²) in [5.74, 6) is -0.208. The molecule has 0 spiro atoms. The van der Waals surface area contributed by atoms with Gasteiger partial charge in [0.15, 0.2) is 0 Å². The van der Waals surface area contributed by atoms with Gasteiger partial charge in [-0.15, -0.1) is 0 Å². The number of nitrogens with zero attached hydrogens (tertiary/aromatic N) is 2. The first-order valence-corrected chi connectivity index (χ1v) is 5.40. The molecule has 1 aliphatic rings. The van der Waals surface area contributed by atoms with Gasteiger partial charge in [0.25, 0.3) is 5.91 Å². The SMILES string of the molecule is CC1C(=O)NCCN1C(=O)c1cccnc1N. The molecule has 6 heteroatoms. The fraction of sp³-hybridized carbons (Fsp3) is 0.364. The van der Waals surface area contributed by atoms with Gasteiger partial charge in [0, 0.05) is 19.3 Å². The van der Waals surface area contributed by atoms with E-state index < -0.39 is 6.04 Å². The average molecular weight is 234 g/mol. The summed E-state index contributed by atoms with van der Waals surface area (Å²) >= 11 is 0. The van der Waals surface area contributed by atoms with Crippen molar-refractivity contribution in [1.82, 2.24) is 15.2 Å². The standard InChI is InChI=1S/C11H14N4O2/c1-7-10(16)14-5-6-15(7)11(17)8-3-2-4-13-9(8)12/h2-4,7H,5-6H2,1H3,(H2,12,13)(H,14,16). The van der Waals surface area contributed by atoms with Crippen molar-refractivity contribution in [2.45, 2.75) is 13.0 Å². The number of aromatic nitrogens is 1. The maximum atomic E-state index is 12.2. The smallest absolute Gasteiger partial charge is 0.258 e. The van der Waals surface area contributed by atoms with Gasteiger partial charge in [-0.25, -0.2) is 4.98 Å². The van der Waals surface area contributed by atoms with Crippen molar-refractivity contribution in [3.05, 3.63) is 23.9 Å². The maximum Gasteiger partial charge on any atom is 0.258 e. The minimum Gasteiger partial charge on any atom is -0.383 e. The number of hydrogen-bond acceptors (Lipinski definition) is 4. The van der Waals surface area contributed by atoms with E-state index >= 15 is 0 Å². The summed E-state index contributed by atoms with van der Waals surface area (Å²) < 4.78 is 0. The Morgan fingerprint density at radius 3 is 3.12 bits per heavy atom. The summed E-state index contributed by atoms with van der Waals surface area (Å²) in [4.78, 5) is 29.1. The molecule has 6 nitrogen and oxygen atoms in total. The van der Waals surface area contributed by atoms with Crippen LogP contribution in [0.2, 0.25) is 0 Å². The molecule has 1 saturated heterocycles. The fourth-order valence-corrected chi connectivity index (χ4v) is 1.81. The van der Waals surface area contributed by atoms with Crippen molar-refractivity contribution in [3.8, 4) is 0 Å². The van der Waals surface area contributed by atoms with Crippen LogP contribution in [0, 0.1) is 0 Å². The highest BCUT2D eigenvalue weighted by Crippen LogP contribution is 2.14. The average Bonchev–Trinajstić information content (AvgIpc) is 2.32. The number of nitrogens with one attached hydrogen (secondary N) is 1. The molecule has 0 bridgehead atoms. The highest BCUT2D eigenvalue weighted by molar-refractivity contribution is 6.01. The normalized spacial score (nSPS) is 19.9. The lowest BCUT2D eigenvalue weighted by molar-refractivity contribution is -0.127. The van der Waals surface area contributed by atoms with Gasteiger partial charge in [-0.2, -0.15) is 0 Å². The molecule has 2 rings (SSSR count). The number of amides is 2. The van der Waals surface area contributed by atoms with Crippen molar-refractivity contribution >= 4 is 17.6 Å². The van der Waals surface area contributed by atoms with E-state index in [9.17, 15) is 9.59 Å². The Morgan fingerprint density at radius 2 is 2.41 bits per heavy atom. The Bertz CT molecular complexity index is 461. The van der Waals surface area contributed by atoms with E-state index in [1.54, 1.807) is 19.1 Å². The first-order chi connectivity index (χ1) is 8.11. The zero-order valence-electron chi connectivity index (χ0n) is 9.51. The molecule has 1 aromatic heterocycles. The Balaban J connectivity index is 2.26. The molecule has 1 unspecified atom stereocenters. The molecule has 1 atom stereocenters. The fourth-order valence-electron chi connectivity index (χ4n) is 1.81. The van der Waals surface area contributed by atoms with Crippen molar-refractivity contribution < 1.29 is 9.59 Å². The van der Waals surface area contributed by atoms with Crippen LogP contribution in [0.4, 0.5) is 5.82 Å². The van der Waals surface area contributed by atoms with Crippen molar-refractivity contribution in [3.63, 3.8) is 0 Å². The van der Waals surface area contributed by atoms with Crippen LogP contribution >= 0.6 is 0 Å². The summed E-state index contributed by atoms with van der Waals surface area (Å²) in [5.41, 5.74) is 5.99. The molecular formula is C11H14N4O2. The Morgan fingerprint density at radius 1 is 1.65 bits per heavy atom. The Kier molecular flexibility index (Phi) is 2.95. The molecule has 0 aromatic carbocycles. The largest absolute Gasteiger partial charge is 0.383 e. The molecule has 2 amide bonds. The van der Waals surface area contributed by atoms with Crippen LogP contribution in [-0.4, -0.2) is 40.8 Å². The highest BCUT2D eigenvalue weighted by atomic mass is 16.2. The van der Waals surface area contributed by atoms with Crippen LogP contribution in [0.5, 0.6) is 0 Å². The minimum atomic E-state index is -0.476. The molecule has 1 fully saturated rings. The molecule has 1 aliphatic heterocycles. The second kappa shape index (κ2) is 4.40. The van der Waals surface area contributed by atoms with Gasteiger partial charge in [0.2, 0.25) is 5.91 Å². The molecule has 0 saturated carbocycles. The molecule has 3 N–H and O–H groups in total. The highest BCUT2D eigenvalue weighted by Gasteiger charge is 2.30. The molecule has 0 aliphatic carbocycles. The van der Waals surface area contributed by atoms with E-state index in [0.717, 1.165) is 0 Å². The first kappa shape index (κ1) is 11.4. The molecule has 90 valence electrons. The number of piperazine rings is 1. The van der Waals surface area contributed by atoms with Crippen LogP contribution < -0.4 is 11.1 Å². The van der Waals surface area contributed by atoms with Crippen molar-refractivity contribution in [2.75, 3.05) is 18.8 Å². The number of anilines is 1. The van der Waals surface area contributed by atoms with Crippen LogP contribution in [0.3, 0.4) is 0 Å². The van der Waals surface area contributed by atoms with Crippen LogP contribution in [0.15, 0.2) is 18.3 Å². The van der Waals surface area contributed by atoms with Gasteiger partial charge < -0.3 is 16.0 Å². The molecule has 2 heterocycles. The van der Waals surface area contributed by atoms with Crippen LogP contribution in [-0.2, 0) is 4.79 Å². The van der Waals surface area contributed by atoms with Crippen LogP contribution in [0.1, 0.15) is 17.3 Å². The van der Waals surface area contributed by atoms with Crippen molar-refractivity contribution in [1.29, 1.82) is 0 Å². The number of nitrogens with two attached hydrogens (primary N) is 1. The number of carbonyl (C=O) groups is 2. The molecular weight excluding hydrogens is 220 g/mol. The second-order valence-corrected chi connectivity index (χ2v) is 3.90. The number of hydrogen-bond donors (Lipinski definition) is 2. The summed E-state index contributed by atoms with van der Waals surface area (Å²) in [7, 11) is 0. The van der Waals surface area contributed by atoms with E-state index in [4.69, 9.17) is 5.73 Å². The third-order valence-corrected chi connectivity index (χ3v) is 2.83. The van der Waals surface area contributed by atoms with E-state index in [1.165, 1.54) is 11.1 Å². The summed E-state index contributed by atoms with van der Waals surface area (Å²) in [6.45, 7) is 2.65. The quantitative estimate of drug-likeness (QED) is 0.693. The topological polar surface area (TPSA) is 88.3 Å². The predicted molar refractivity (Wildman–Crippen MR) is 62.2 cm³/mol. The third kappa shape index (κ3) is 2.06. The lowest BCUT2D eigenvalue weighted by atomic mass is 10.1. The van der Waals surface area contributed by atoms with E-state index in [-0.39, 0.29) is 17.6 Å². The third-order valence-electron chi connectivity index (χ3n) is 2.83. The Hall–Kier alpha value is -2.11. The zero-order valence-corrected chi connectivity index (χ0v) is 9.51. The lowest BCUT2D eigenvalue weighted by Gasteiger charge is -2.32. The molecule has 1 aromatic rings. The van der Waals surface area contributed by atoms with Gasteiger partial charge in [-0.05, 0) is 19.1 Å². The summed E-state index contributed by atoms with van der Waals surface area (Å²) in [6, 6.07) is 2.79. The van der Waals surface area contributed by atoms with Crippen molar-refractivity contribution in [2.24, 2.45) is 0 Å². The maximum absolute atomic E-state index is 12.2. The zero-order chi connectivity index (χ0) is 12.4. The predicted octanol–water partition coefficient (Wildman–Crippen LogP) is -0.376. The van der Waals surface area contributed by atoms with Gasteiger partial charge in [-0.3, -0.25) is 9.59 Å². The summed E-state index contributed by atoms with van der Waals surface area (Å²) in [6.07, 6.45) is 1.53. The van der Waals surface area contributed by atoms with Gasteiger partial charge in [0.1, 0.15) is 11.9 Å². The van der Waals surface area contributed by atoms with E-state index in [2.05, 4.69) is 10.3 Å². The molecule has 17 heavy (non-hydrogen) atoms. The number of pyridine rings is 1. The first-order valence-electron chi connectivity index (χ1n) is 5.40. The number of rotatable bonds is 1. The number of carbonyl (C=O) groups excluding carboxylic acids is 2. The van der Waals surface area contributed by atoms with E-state index in [1.807, 2.05) is 0 Å². The van der Waals surface area contributed by atoms with Gasteiger partial charge in [-0.1, -0.05) is 0 Å². The second-order valence-electron chi connectivity index (χ2n) is 3.90. The van der Waals surface area contributed by atoms with Gasteiger partial charge in [0.05, 0.1) is 5.56 Å². The minimum absolute atomic E-state index is 0.146. The molecule has 0 radical (unpaired) electrons. The van der Waals surface area contributed by atoms with Gasteiger partial charge >= 0.3 is 0 Å². The lowest BCUT2D eigenvalue weighted by Crippen LogP contribution is -2.55.